The minimum atomic E-state index is 0.424. The van der Waals surface area contributed by atoms with Gasteiger partial charge < -0.3 is 5.32 Å². The fourth-order valence-corrected chi connectivity index (χ4v) is 3.90. The molecule has 0 aromatic carbocycles. The molecule has 108 valence electrons. The molecule has 1 unspecified atom stereocenters. The largest absolute Gasteiger partial charge is 0.314 e. The summed E-state index contributed by atoms with van der Waals surface area (Å²) in [6, 6.07) is 2.76. The normalized spacial score (nSPS) is 22.5. The van der Waals surface area contributed by atoms with Crippen LogP contribution in [0.1, 0.15) is 46.0 Å². The van der Waals surface area contributed by atoms with Crippen molar-refractivity contribution >= 4 is 0 Å². The second-order valence-corrected chi connectivity index (χ2v) is 7.19. The third-order valence-corrected chi connectivity index (χ3v) is 5.53. The van der Waals surface area contributed by atoms with Crippen molar-refractivity contribution < 1.29 is 0 Å². The zero-order valence-corrected chi connectivity index (χ0v) is 13.5. The summed E-state index contributed by atoms with van der Waals surface area (Å²) in [6.07, 6.45) is 1.07. The maximum absolute atomic E-state index is 4.47. The first-order valence-electron chi connectivity index (χ1n) is 7.44. The SMILES string of the molecule is CCNC(Cc1cc(C)nn1C)C1C(C)(C)C1(C)C. The quantitative estimate of drug-likeness (QED) is 0.885. The Balaban J connectivity index is 2.17. The van der Waals surface area contributed by atoms with E-state index in [1.165, 1.54) is 5.69 Å². The Morgan fingerprint density at radius 1 is 1.32 bits per heavy atom. The second kappa shape index (κ2) is 4.62. The zero-order valence-electron chi connectivity index (χ0n) is 13.5. The molecule has 0 spiro atoms. The van der Waals surface area contributed by atoms with Gasteiger partial charge in [-0.1, -0.05) is 34.6 Å². The van der Waals surface area contributed by atoms with Crippen LogP contribution >= 0.6 is 0 Å². The molecule has 2 rings (SSSR count). The van der Waals surface area contributed by atoms with Crippen LogP contribution in [0.2, 0.25) is 0 Å². The fourth-order valence-electron chi connectivity index (χ4n) is 3.90. The van der Waals surface area contributed by atoms with Gasteiger partial charge in [0.05, 0.1) is 5.69 Å². The molecule has 1 aromatic heterocycles. The van der Waals surface area contributed by atoms with E-state index in [0.29, 0.717) is 16.9 Å². The van der Waals surface area contributed by atoms with Crippen LogP contribution in [0.5, 0.6) is 0 Å². The highest BCUT2D eigenvalue weighted by Gasteiger charge is 2.66. The Bertz CT molecular complexity index is 443. The van der Waals surface area contributed by atoms with E-state index in [4.69, 9.17) is 0 Å². The van der Waals surface area contributed by atoms with Crippen molar-refractivity contribution in [2.45, 2.75) is 54.0 Å². The molecule has 1 aliphatic rings. The smallest absolute Gasteiger partial charge is 0.0596 e. The molecular formula is C16H29N3. The molecule has 0 radical (unpaired) electrons. The van der Waals surface area contributed by atoms with E-state index >= 15 is 0 Å². The highest BCUT2D eigenvalue weighted by atomic mass is 15.3. The monoisotopic (exact) mass is 263 g/mol. The summed E-state index contributed by atoms with van der Waals surface area (Å²) in [6.45, 7) is 14.9. The predicted molar refractivity (Wildman–Crippen MR) is 80.2 cm³/mol. The summed E-state index contributed by atoms with van der Waals surface area (Å²) in [4.78, 5) is 0. The number of nitrogens with zero attached hydrogens (tertiary/aromatic N) is 2. The first kappa shape index (κ1) is 14.6. The molecule has 1 fully saturated rings. The van der Waals surface area contributed by atoms with E-state index in [1.807, 2.05) is 4.68 Å². The number of aryl methyl sites for hydroxylation is 2. The van der Waals surface area contributed by atoms with Crippen LogP contribution in [-0.4, -0.2) is 22.4 Å². The lowest BCUT2D eigenvalue weighted by Crippen LogP contribution is -2.35. The van der Waals surface area contributed by atoms with Gasteiger partial charge in [0, 0.05) is 25.2 Å². The first-order valence-corrected chi connectivity index (χ1v) is 7.44. The summed E-state index contributed by atoms with van der Waals surface area (Å²) in [5, 5.41) is 8.17. The first-order chi connectivity index (χ1) is 8.71. The van der Waals surface area contributed by atoms with Crippen molar-refractivity contribution in [3.63, 3.8) is 0 Å². The van der Waals surface area contributed by atoms with Crippen molar-refractivity contribution in [1.82, 2.24) is 15.1 Å². The molecule has 1 saturated carbocycles. The maximum Gasteiger partial charge on any atom is 0.0596 e. The molecule has 1 N–H and O–H groups in total. The summed E-state index contributed by atoms with van der Waals surface area (Å²) >= 11 is 0. The van der Waals surface area contributed by atoms with E-state index < -0.39 is 0 Å². The van der Waals surface area contributed by atoms with Gasteiger partial charge in [0.2, 0.25) is 0 Å². The van der Waals surface area contributed by atoms with Gasteiger partial charge in [-0.05, 0) is 36.3 Å². The molecule has 1 atom stereocenters. The number of nitrogens with one attached hydrogen (secondary N) is 1. The molecule has 1 aliphatic carbocycles. The molecule has 0 amide bonds. The second-order valence-electron chi connectivity index (χ2n) is 7.19. The molecule has 3 nitrogen and oxygen atoms in total. The Hall–Kier alpha value is -0.830. The van der Waals surface area contributed by atoms with Crippen LogP contribution in [0, 0.1) is 23.7 Å². The summed E-state index contributed by atoms with van der Waals surface area (Å²) < 4.78 is 2.03. The standard InChI is InChI=1S/C16H29N3/c1-8-17-13(14-15(3,4)16(14,5)6)10-12-9-11(2)18-19(12)7/h9,13-14,17H,8,10H2,1-7H3. The molecule has 1 aromatic rings. The third-order valence-electron chi connectivity index (χ3n) is 5.53. The lowest BCUT2D eigenvalue weighted by molar-refractivity contribution is 0.395. The Morgan fingerprint density at radius 3 is 2.26 bits per heavy atom. The van der Waals surface area contributed by atoms with Gasteiger partial charge in [0.1, 0.15) is 0 Å². The van der Waals surface area contributed by atoms with E-state index in [9.17, 15) is 0 Å². The molecule has 3 heteroatoms. The van der Waals surface area contributed by atoms with Gasteiger partial charge in [0.15, 0.2) is 0 Å². The lowest BCUT2D eigenvalue weighted by atomic mass is 9.99. The number of likely N-dealkylation sites (N-methyl/N-ethyl adjacent to an activating group) is 1. The van der Waals surface area contributed by atoms with E-state index in [2.05, 4.69) is 65.1 Å². The van der Waals surface area contributed by atoms with Crippen molar-refractivity contribution in [2.24, 2.45) is 23.8 Å². The number of hydrogen-bond acceptors (Lipinski definition) is 2. The summed E-state index contributed by atoms with van der Waals surface area (Å²) in [5.74, 6) is 0.732. The van der Waals surface area contributed by atoms with Gasteiger partial charge in [-0.2, -0.15) is 5.10 Å². The predicted octanol–water partition coefficient (Wildman–Crippen LogP) is 2.93. The number of aromatic nitrogens is 2. The summed E-state index contributed by atoms with van der Waals surface area (Å²) in [7, 11) is 2.05. The van der Waals surface area contributed by atoms with Gasteiger partial charge in [0.25, 0.3) is 0 Å². The Kier molecular flexibility index (Phi) is 3.54. The van der Waals surface area contributed by atoms with E-state index in [1.54, 1.807) is 0 Å². The number of hydrogen-bond donors (Lipinski definition) is 1. The van der Waals surface area contributed by atoms with Gasteiger partial charge >= 0.3 is 0 Å². The number of rotatable bonds is 5. The average molecular weight is 263 g/mol. The van der Waals surface area contributed by atoms with Gasteiger partial charge in [-0.3, -0.25) is 4.68 Å². The van der Waals surface area contributed by atoms with Crippen LogP contribution in [-0.2, 0) is 13.5 Å². The van der Waals surface area contributed by atoms with E-state index in [-0.39, 0.29) is 0 Å². The fraction of sp³-hybridized carbons (Fsp3) is 0.812. The highest BCUT2D eigenvalue weighted by molar-refractivity contribution is 5.19. The average Bonchev–Trinajstić information content (AvgIpc) is 2.50. The van der Waals surface area contributed by atoms with Crippen LogP contribution in [0.15, 0.2) is 6.07 Å². The van der Waals surface area contributed by atoms with Crippen molar-refractivity contribution in [3.8, 4) is 0 Å². The van der Waals surface area contributed by atoms with Crippen molar-refractivity contribution in [2.75, 3.05) is 6.54 Å². The third kappa shape index (κ3) is 2.33. The minimum Gasteiger partial charge on any atom is -0.314 e. The molecule has 0 aliphatic heterocycles. The molecule has 1 heterocycles. The molecule has 0 saturated heterocycles. The molecular weight excluding hydrogens is 234 g/mol. The van der Waals surface area contributed by atoms with E-state index in [0.717, 1.165) is 24.6 Å². The van der Waals surface area contributed by atoms with Gasteiger partial charge in [-0.25, -0.2) is 0 Å². The Labute approximate surface area is 117 Å². The van der Waals surface area contributed by atoms with Crippen molar-refractivity contribution in [3.05, 3.63) is 17.5 Å². The zero-order chi connectivity index (χ0) is 14.4. The summed E-state index contributed by atoms with van der Waals surface area (Å²) in [5.41, 5.74) is 3.30. The highest BCUT2D eigenvalue weighted by Crippen LogP contribution is 2.69. The lowest BCUT2D eigenvalue weighted by Gasteiger charge is -2.20. The molecule has 0 bridgehead atoms. The van der Waals surface area contributed by atoms with Crippen LogP contribution < -0.4 is 5.32 Å². The topological polar surface area (TPSA) is 29.9 Å². The van der Waals surface area contributed by atoms with Crippen molar-refractivity contribution in [1.29, 1.82) is 0 Å². The van der Waals surface area contributed by atoms with Crippen LogP contribution in [0.3, 0.4) is 0 Å². The maximum atomic E-state index is 4.47. The van der Waals surface area contributed by atoms with Crippen LogP contribution in [0.25, 0.3) is 0 Å². The minimum absolute atomic E-state index is 0.424. The van der Waals surface area contributed by atoms with Crippen LogP contribution in [0.4, 0.5) is 0 Å². The Morgan fingerprint density at radius 2 is 1.89 bits per heavy atom. The molecule has 19 heavy (non-hydrogen) atoms. The van der Waals surface area contributed by atoms with Gasteiger partial charge in [-0.15, -0.1) is 0 Å².